The molecule has 0 unspecified atom stereocenters. The minimum Gasteiger partial charge on any atom is -0.461 e. The largest absolute Gasteiger partial charge is 0.461 e. The monoisotopic (exact) mass is 359 g/mol. The van der Waals surface area contributed by atoms with Crippen molar-refractivity contribution in [3.63, 3.8) is 0 Å². The van der Waals surface area contributed by atoms with Gasteiger partial charge in [0.15, 0.2) is 22.4 Å². The summed E-state index contributed by atoms with van der Waals surface area (Å²) in [6, 6.07) is 15.6. The van der Waals surface area contributed by atoms with Gasteiger partial charge >= 0.3 is 0 Å². The highest BCUT2D eigenvalue weighted by Gasteiger charge is 2.18. The maximum absolute atomic E-state index is 5.61. The summed E-state index contributed by atoms with van der Waals surface area (Å²) < 4.78 is 7.57. The zero-order valence-corrected chi connectivity index (χ0v) is 14.4. The Morgan fingerprint density at radius 3 is 2.81 bits per heavy atom. The fraction of sp³-hybridized carbons (Fsp3) is 0.0526. The van der Waals surface area contributed by atoms with Crippen molar-refractivity contribution in [2.45, 2.75) is 10.9 Å². The van der Waals surface area contributed by atoms with E-state index in [-0.39, 0.29) is 0 Å². The molecule has 1 aromatic carbocycles. The van der Waals surface area contributed by atoms with Gasteiger partial charge in [-0.25, -0.2) is 4.98 Å². The molecule has 0 aliphatic rings. The van der Waals surface area contributed by atoms with Crippen LogP contribution in [0.4, 0.5) is 0 Å². The summed E-state index contributed by atoms with van der Waals surface area (Å²) in [4.78, 5) is 8.96. The Bertz CT molecular complexity index is 1180. The summed E-state index contributed by atoms with van der Waals surface area (Å²) in [6.45, 7) is 0. The molecule has 4 aromatic heterocycles. The molecular weight excluding hydrogens is 346 g/mol. The lowest BCUT2D eigenvalue weighted by molar-refractivity contribution is 0.575. The Morgan fingerprint density at radius 1 is 1.00 bits per heavy atom. The second kappa shape index (κ2) is 6.27. The Balaban J connectivity index is 1.68. The molecule has 0 fully saturated rings. The van der Waals surface area contributed by atoms with Crippen molar-refractivity contribution in [2.75, 3.05) is 0 Å². The molecule has 0 radical (unpaired) electrons. The van der Waals surface area contributed by atoms with Crippen LogP contribution in [0.15, 0.2) is 76.8 Å². The normalized spacial score (nSPS) is 11.4. The molecule has 0 aliphatic carbocycles. The number of para-hydroxylation sites is 1. The van der Waals surface area contributed by atoms with Crippen LogP contribution in [-0.2, 0) is 5.75 Å². The molecule has 5 rings (SSSR count). The van der Waals surface area contributed by atoms with Crippen LogP contribution in [0.25, 0.3) is 28.1 Å². The van der Waals surface area contributed by atoms with Crippen LogP contribution >= 0.6 is 11.8 Å². The van der Waals surface area contributed by atoms with E-state index in [2.05, 4.69) is 15.2 Å². The Morgan fingerprint density at radius 2 is 1.96 bits per heavy atom. The topological polar surface area (TPSA) is 69.1 Å². The van der Waals surface area contributed by atoms with Gasteiger partial charge in [0.05, 0.1) is 11.8 Å². The molecule has 0 saturated carbocycles. The van der Waals surface area contributed by atoms with Gasteiger partial charge < -0.3 is 4.42 Å². The van der Waals surface area contributed by atoms with Crippen molar-refractivity contribution >= 4 is 28.3 Å². The smallest absolute Gasteiger partial charge is 0.197 e. The van der Waals surface area contributed by atoms with Gasteiger partial charge in [0, 0.05) is 23.5 Å². The molecule has 0 N–H and O–H groups in total. The first-order valence-electron chi connectivity index (χ1n) is 8.09. The van der Waals surface area contributed by atoms with Gasteiger partial charge in [0.2, 0.25) is 0 Å². The standard InChI is InChI=1S/C19H13N5OS/c1-2-7-15-14(6-1)17-22-23-19(26-12-13-5-3-9-20-11-13)24(17)18(21-15)16-8-4-10-25-16/h1-11H,12H2. The first kappa shape index (κ1) is 15.1. The van der Waals surface area contributed by atoms with Crippen LogP contribution < -0.4 is 0 Å². The third kappa shape index (κ3) is 2.53. The maximum atomic E-state index is 5.61. The van der Waals surface area contributed by atoms with Crippen LogP contribution in [0, 0.1) is 0 Å². The van der Waals surface area contributed by atoms with Crippen molar-refractivity contribution < 1.29 is 4.42 Å². The van der Waals surface area contributed by atoms with E-state index in [4.69, 9.17) is 9.40 Å². The number of nitrogens with zero attached hydrogens (tertiary/aromatic N) is 5. The van der Waals surface area contributed by atoms with Gasteiger partial charge in [-0.3, -0.25) is 9.38 Å². The van der Waals surface area contributed by atoms with Gasteiger partial charge in [-0.2, -0.15) is 0 Å². The van der Waals surface area contributed by atoms with Crippen LogP contribution in [-0.4, -0.2) is 24.6 Å². The van der Waals surface area contributed by atoms with E-state index in [9.17, 15) is 0 Å². The van der Waals surface area contributed by atoms with Gasteiger partial charge in [-0.05, 0) is 35.9 Å². The lowest BCUT2D eigenvalue weighted by atomic mass is 10.2. The highest BCUT2D eigenvalue weighted by atomic mass is 32.2. The van der Waals surface area contributed by atoms with Gasteiger partial charge in [-0.15, -0.1) is 10.2 Å². The van der Waals surface area contributed by atoms with E-state index in [1.54, 1.807) is 24.2 Å². The molecule has 6 nitrogen and oxygen atoms in total. The van der Waals surface area contributed by atoms with Crippen LogP contribution in [0.5, 0.6) is 0 Å². The summed E-state index contributed by atoms with van der Waals surface area (Å²) in [5, 5.41) is 10.6. The number of hydrogen-bond donors (Lipinski definition) is 0. The second-order valence-corrected chi connectivity index (χ2v) is 6.66. The van der Waals surface area contributed by atoms with Gasteiger partial charge in [0.1, 0.15) is 0 Å². The SMILES string of the molecule is c1cncc(CSc2nnc3c4ccccc4nc(-c4ccco4)n23)c1. The van der Waals surface area contributed by atoms with Gasteiger partial charge in [0.25, 0.3) is 0 Å². The van der Waals surface area contributed by atoms with Crippen LogP contribution in [0.2, 0.25) is 0 Å². The second-order valence-electron chi connectivity index (χ2n) is 5.72. The van der Waals surface area contributed by atoms with Crippen LogP contribution in [0.3, 0.4) is 0 Å². The number of pyridine rings is 1. The summed E-state index contributed by atoms with van der Waals surface area (Å²) in [5.41, 5.74) is 2.76. The number of rotatable bonds is 4. The first-order valence-corrected chi connectivity index (χ1v) is 9.08. The zero-order valence-electron chi connectivity index (χ0n) is 13.6. The van der Waals surface area contributed by atoms with Gasteiger partial charge in [-0.1, -0.05) is 30.0 Å². The number of thioether (sulfide) groups is 1. The third-order valence-corrected chi connectivity index (χ3v) is 5.05. The van der Waals surface area contributed by atoms with E-state index < -0.39 is 0 Å². The predicted molar refractivity (Wildman–Crippen MR) is 99.8 cm³/mol. The molecule has 7 heteroatoms. The molecule has 126 valence electrons. The Hall–Kier alpha value is -3.19. The summed E-state index contributed by atoms with van der Waals surface area (Å²) in [5.74, 6) is 2.13. The maximum Gasteiger partial charge on any atom is 0.197 e. The Labute approximate surface area is 152 Å². The molecule has 0 saturated heterocycles. The molecule has 0 spiro atoms. The highest BCUT2D eigenvalue weighted by molar-refractivity contribution is 7.98. The lowest BCUT2D eigenvalue weighted by Gasteiger charge is -2.07. The van der Waals surface area contributed by atoms with E-state index >= 15 is 0 Å². The number of furan rings is 1. The van der Waals surface area contributed by atoms with Crippen molar-refractivity contribution in [3.05, 3.63) is 72.8 Å². The summed E-state index contributed by atoms with van der Waals surface area (Å²) >= 11 is 1.60. The first-order chi connectivity index (χ1) is 12.9. The predicted octanol–water partition coefficient (Wildman–Crippen LogP) is 4.22. The summed E-state index contributed by atoms with van der Waals surface area (Å²) in [7, 11) is 0. The van der Waals surface area contributed by atoms with Crippen molar-refractivity contribution in [1.29, 1.82) is 0 Å². The molecule has 4 heterocycles. The third-order valence-electron chi connectivity index (χ3n) is 4.05. The fourth-order valence-electron chi connectivity index (χ4n) is 2.86. The zero-order chi connectivity index (χ0) is 17.3. The fourth-order valence-corrected chi connectivity index (χ4v) is 3.72. The number of aromatic nitrogens is 5. The van der Waals surface area contributed by atoms with Crippen LogP contribution in [0.1, 0.15) is 5.56 Å². The van der Waals surface area contributed by atoms with E-state index in [1.807, 2.05) is 59.1 Å². The molecule has 0 bridgehead atoms. The summed E-state index contributed by atoms with van der Waals surface area (Å²) in [6.07, 6.45) is 5.27. The Kier molecular flexibility index (Phi) is 3.64. The van der Waals surface area contributed by atoms with Crippen molar-refractivity contribution in [2.24, 2.45) is 0 Å². The average Bonchev–Trinajstić information content (AvgIpc) is 3.37. The van der Waals surface area contributed by atoms with Crippen molar-refractivity contribution in [1.82, 2.24) is 24.6 Å². The molecule has 26 heavy (non-hydrogen) atoms. The minimum atomic E-state index is 0.684. The van der Waals surface area contributed by atoms with E-state index in [0.29, 0.717) is 11.6 Å². The minimum absolute atomic E-state index is 0.684. The number of hydrogen-bond acceptors (Lipinski definition) is 6. The average molecular weight is 359 g/mol. The molecular formula is C19H13N5OS. The quantitative estimate of drug-likeness (QED) is 0.447. The van der Waals surface area contributed by atoms with E-state index in [0.717, 1.165) is 33.0 Å². The van der Waals surface area contributed by atoms with Crippen molar-refractivity contribution in [3.8, 4) is 11.6 Å². The number of benzene rings is 1. The molecule has 0 aliphatic heterocycles. The van der Waals surface area contributed by atoms with E-state index in [1.165, 1.54) is 0 Å². The molecule has 0 amide bonds. The lowest BCUT2D eigenvalue weighted by Crippen LogP contribution is -1.99. The molecule has 0 atom stereocenters. The highest BCUT2D eigenvalue weighted by Crippen LogP contribution is 2.30. The molecule has 5 aromatic rings. The number of fused-ring (bicyclic) bond motifs is 3.